The SMILES string of the molecule is COc1cc(OC)c(NC(=O)CN2C(=O)CC3(CCCCC3)C2=O)cc1Cl. The number of hydrogen-bond acceptors (Lipinski definition) is 5. The molecule has 0 atom stereocenters. The zero-order valence-corrected chi connectivity index (χ0v) is 16.2. The summed E-state index contributed by atoms with van der Waals surface area (Å²) in [6, 6.07) is 3.06. The summed E-state index contributed by atoms with van der Waals surface area (Å²) in [5.41, 5.74) is -0.253. The van der Waals surface area contributed by atoms with Crippen LogP contribution in [0.1, 0.15) is 38.5 Å². The maximum Gasteiger partial charge on any atom is 0.244 e. The van der Waals surface area contributed by atoms with Crippen LogP contribution >= 0.6 is 11.6 Å². The number of nitrogens with zero attached hydrogens (tertiary/aromatic N) is 1. The third kappa shape index (κ3) is 3.74. The fourth-order valence-electron chi connectivity index (χ4n) is 3.93. The summed E-state index contributed by atoms with van der Waals surface area (Å²) in [5.74, 6) is -0.203. The molecular weight excluding hydrogens is 372 g/mol. The zero-order chi connectivity index (χ0) is 19.6. The topological polar surface area (TPSA) is 84.9 Å². The van der Waals surface area contributed by atoms with E-state index < -0.39 is 11.3 Å². The number of rotatable bonds is 5. The number of amides is 3. The molecule has 1 aromatic rings. The van der Waals surface area contributed by atoms with Gasteiger partial charge in [-0.05, 0) is 18.9 Å². The summed E-state index contributed by atoms with van der Waals surface area (Å²) in [7, 11) is 2.93. The number of nitrogens with one attached hydrogen (secondary N) is 1. The standard InChI is InChI=1S/C19H23ClN2O5/c1-26-14-9-15(27-2)13(8-12(14)20)21-16(23)11-22-17(24)10-19(18(22)25)6-4-3-5-7-19/h8-9H,3-7,10-11H2,1-2H3,(H,21,23). The van der Waals surface area contributed by atoms with Gasteiger partial charge in [0.05, 0.1) is 30.3 Å². The number of carbonyl (C=O) groups excluding carboxylic acids is 3. The van der Waals surface area contributed by atoms with Gasteiger partial charge in [0.1, 0.15) is 18.0 Å². The summed E-state index contributed by atoms with van der Waals surface area (Å²) in [6.45, 7) is -0.313. The summed E-state index contributed by atoms with van der Waals surface area (Å²) in [4.78, 5) is 38.7. The van der Waals surface area contributed by atoms with Gasteiger partial charge in [0.25, 0.3) is 0 Å². The highest BCUT2D eigenvalue weighted by Gasteiger charge is 2.51. The van der Waals surface area contributed by atoms with E-state index in [4.69, 9.17) is 21.1 Å². The number of anilines is 1. The Kier molecular flexibility index (Phi) is 5.60. The lowest BCUT2D eigenvalue weighted by molar-refractivity contribution is -0.144. The van der Waals surface area contributed by atoms with E-state index in [1.54, 1.807) is 6.07 Å². The Morgan fingerprint density at radius 1 is 1.15 bits per heavy atom. The molecule has 1 aliphatic heterocycles. The van der Waals surface area contributed by atoms with E-state index in [0.29, 0.717) is 22.2 Å². The normalized spacial score (nSPS) is 18.7. The fraction of sp³-hybridized carbons (Fsp3) is 0.526. The quantitative estimate of drug-likeness (QED) is 0.776. The van der Waals surface area contributed by atoms with E-state index in [9.17, 15) is 14.4 Å². The van der Waals surface area contributed by atoms with Crippen LogP contribution in [0.25, 0.3) is 0 Å². The maximum absolute atomic E-state index is 12.8. The average Bonchev–Trinajstić information content (AvgIpc) is 2.86. The second-order valence-electron chi connectivity index (χ2n) is 7.04. The van der Waals surface area contributed by atoms with Gasteiger partial charge in [0, 0.05) is 12.5 Å². The number of ether oxygens (including phenoxy) is 2. The van der Waals surface area contributed by atoms with Crippen molar-refractivity contribution in [3.8, 4) is 11.5 Å². The van der Waals surface area contributed by atoms with Gasteiger partial charge >= 0.3 is 0 Å². The Morgan fingerprint density at radius 3 is 2.44 bits per heavy atom. The first-order valence-corrected chi connectivity index (χ1v) is 9.34. The molecular formula is C19H23ClN2O5. The van der Waals surface area contributed by atoms with Gasteiger partial charge in [-0.3, -0.25) is 19.3 Å². The lowest BCUT2D eigenvalue weighted by atomic mass is 9.73. The third-order valence-corrected chi connectivity index (χ3v) is 5.65. The number of hydrogen-bond donors (Lipinski definition) is 1. The van der Waals surface area contributed by atoms with Crippen LogP contribution in [0.5, 0.6) is 11.5 Å². The zero-order valence-electron chi connectivity index (χ0n) is 15.5. The molecule has 1 heterocycles. The van der Waals surface area contributed by atoms with Gasteiger partial charge in [-0.1, -0.05) is 30.9 Å². The molecule has 1 aromatic carbocycles. The first kappa shape index (κ1) is 19.5. The second-order valence-corrected chi connectivity index (χ2v) is 7.45. The first-order chi connectivity index (χ1) is 12.9. The van der Waals surface area contributed by atoms with Crippen molar-refractivity contribution < 1.29 is 23.9 Å². The monoisotopic (exact) mass is 394 g/mol. The van der Waals surface area contributed by atoms with Crippen LogP contribution < -0.4 is 14.8 Å². The lowest BCUT2D eigenvalue weighted by Crippen LogP contribution is -2.41. The van der Waals surface area contributed by atoms with E-state index in [1.165, 1.54) is 20.3 Å². The van der Waals surface area contributed by atoms with Crippen LogP contribution in [0.2, 0.25) is 5.02 Å². The van der Waals surface area contributed by atoms with Gasteiger partial charge in [0.15, 0.2) is 0 Å². The fourth-order valence-corrected chi connectivity index (χ4v) is 4.17. The summed E-state index contributed by atoms with van der Waals surface area (Å²) < 4.78 is 10.4. The molecule has 1 saturated carbocycles. The summed E-state index contributed by atoms with van der Waals surface area (Å²) >= 11 is 6.11. The number of likely N-dealkylation sites (tertiary alicyclic amines) is 1. The Bertz CT molecular complexity index is 774. The lowest BCUT2D eigenvalue weighted by Gasteiger charge is -2.30. The van der Waals surface area contributed by atoms with E-state index in [2.05, 4.69) is 5.32 Å². The minimum absolute atomic E-state index is 0.205. The van der Waals surface area contributed by atoms with Gasteiger partial charge in [0.2, 0.25) is 17.7 Å². The number of halogens is 1. The van der Waals surface area contributed by atoms with Crippen molar-refractivity contribution in [2.24, 2.45) is 5.41 Å². The molecule has 0 unspecified atom stereocenters. The van der Waals surface area contributed by atoms with Crippen molar-refractivity contribution in [2.45, 2.75) is 38.5 Å². The molecule has 0 aromatic heterocycles. The van der Waals surface area contributed by atoms with Gasteiger partial charge < -0.3 is 14.8 Å². The van der Waals surface area contributed by atoms with E-state index in [0.717, 1.165) is 37.0 Å². The predicted molar refractivity (Wildman–Crippen MR) is 100 cm³/mol. The molecule has 1 saturated heterocycles. The first-order valence-electron chi connectivity index (χ1n) is 8.96. The number of imide groups is 1. The Balaban J connectivity index is 1.72. The predicted octanol–water partition coefficient (Wildman–Crippen LogP) is 3.01. The Labute approximate surface area is 162 Å². The summed E-state index contributed by atoms with van der Waals surface area (Å²) in [6.07, 6.45) is 4.62. The van der Waals surface area contributed by atoms with Crippen LogP contribution in [0, 0.1) is 5.41 Å². The number of benzene rings is 1. The molecule has 0 radical (unpaired) electrons. The average molecular weight is 395 g/mol. The van der Waals surface area contributed by atoms with Crippen LogP contribution in [0.4, 0.5) is 5.69 Å². The molecule has 1 spiro atoms. The second kappa shape index (κ2) is 7.76. The number of methoxy groups -OCH3 is 2. The molecule has 146 valence electrons. The van der Waals surface area contributed by atoms with Crippen molar-refractivity contribution in [3.05, 3.63) is 17.2 Å². The van der Waals surface area contributed by atoms with Crippen molar-refractivity contribution in [1.29, 1.82) is 0 Å². The van der Waals surface area contributed by atoms with Crippen LogP contribution in [0.3, 0.4) is 0 Å². The Hall–Kier alpha value is -2.28. The van der Waals surface area contributed by atoms with Gasteiger partial charge in [-0.15, -0.1) is 0 Å². The van der Waals surface area contributed by atoms with E-state index in [-0.39, 0.29) is 24.8 Å². The number of carbonyl (C=O) groups is 3. The summed E-state index contributed by atoms with van der Waals surface area (Å²) in [5, 5.41) is 2.97. The van der Waals surface area contributed by atoms with Crippen molar-refractivity contribution >= 4 is 35.0 Å². The minimum Gasteiger partial charge on any atom is -0.495 e. The Morgan fingerprint density at radius 2 is 1.81 bits per heavy atom. The van der Waals surface area contributed by atoms with Gasteiger partial charge in [-0.2, -0.15) is 0 Å². The van der Waals surface area contributed by atoms with E-state index in [1.807, 2.05) is 0 Å². The van der Waals surface area contributed by atoms with Gasteiger partial charge in [-0.25, -0.2) is 0 Å². The van der Waals surface area contributed by atoms with Crippen LogP contribution in [-0.4, -0.2) is 43.4 Å². The molecule has 1 aliphatic carbocycles. The molecule has 8 heteroatoms. The molecule has 27 heavy (non-hydrogen) atoms. The molecule has 3 amide bonds. The van der Waals surface area contributed by atoms with E-state index >= 15 is 0 Å². The van der Waals surface area contributed by atoms with Crippen LogP contribution in [-0.2, 0) is 14.4 Å². The molecule has 2 aliphatic rings. The molecule has 7 nitrogen and oxygen atoms in total. The third-order valence-electron chi connectivity index (χ3n) is 5.35. The van der Waals surface area contributed by atoms with Crippen molar-refractivity contribution in [3.63, 3.8) is 0 Å². The molecule has 1 N–H and O–H groups in total. The highest BCUT2D eigenvalue weighted by atomic mass is 35.5. The highest BCUT2D eigenvalue weighted by Crippen LogP contribution is 2.45. The molecule has 3 rings (SSSR count). The molecule has 2 fully saturated rings. The molecule has 0 bridgehead atoms. The van der Waals surface area contributed by atoms with Crippen molar-refractivity contribution in [2.75, 3.05) is 26.1 Å². The highest BCUT2D eigenvalue weighted by molar-refractivity contribution is 6.32. The van der Waals surface area contributed by atoms with Crippen LogP contribution in [0.15, 0.2) is 12.1 Å². The van der Waals surface area contributed by atoms with Crippen molar-refractivity contribution in [1.82, 2.24) is 4.90 Å². The largest absolute Gasteiger partial charge is 0.495 e. The smallest absolute Gasteiger partial charge is 0.244 e. The minimum atomic E-state index is -0.600. The maximum atomic E-state index is 12.8.